The topological polar surface area (TPSA) is 92.5 Å². The summed E-state index contributed by atoms with van der Waals surface area (Å²) >= 11 is 9.47. The summed E-state index contributed by atoms with van der Waals surface area (Å²) in [6.45, 7) is 0. The summed E-state index contributed by atoms with van der Waals surface area (Å²) in [7, 11) is 0. The fraction of sp³-hybridized carbons (Fsp3) is 0. The minimum Gasteiger partial charge on any atom is -0.506 e. The first-order chi connectivity index (χ1) is 10.3. The van der Waals surface area contributed by atoms with E-state index in [1.807, 2.05) is 0 Å². The quantitative estimate of drug-likeness (QED) is 0.471. The first-order valence-corrected chi connectivity index (χ1v) is 8.11. The Morgan fingerprint density at radius 1 is 1.09 bits per heavy atom. The molecule has 0 aliphatic carbocycles. The van der Waals surface area contributed by atoms with Gasteiger partial charge in [0.2, 0.25) is 0 Å². The number of anilines is 1. The van der Waals surface area contributed by atoms with Crippen molar-refractivity contribution in [1.82, 2.24) is 0 Å². The van der Waals surface area contributed by atoms with Gasteiger partial charge in [0.1, 0.15) is 5.75 Å². The lowest BCUT2D eigenvalue weighted by molar-refractivity contribution is -0.384. The molecule has 0 aliphatic rings. The van der Waals surface area contributed by atoms with Crippen LogP contribution in [0.2, 0.25) is 0 Å². The summed E-state index contributed by atoms with van der Waals surface area (Å²) in [5.41, 5.74) is 0.623. The van der Waals surface area contributed by atoms with Crippen LogP contribution in [0.5, 0.6) is 5.75 Å². The largest absolute Gasteiger partial charge is 0.506 e. The predicted octanol–water partition coefficient (Wildman–Crippen LogP) is 4.84. The van der Waals surface area contributed by atoms with Crippen molar-refractivity contribution >= 4 is 65.1 Å². The highest BCUT2D eigenvalue weighted by Gasteiger charge is 2.15. The number of rotatable bonds is 3. The van der Waals surface area contributed by atoms with Gasteiger partial charge in [-0.15, -0.1) is 0 Å². The molecule has 2 N–H and O–H groups in total. The molecule has 0 spiro atoms. The number of non-ortho nitro benzene ring substituents is 1. The number of phenols is 1. The van der Waals surface area contributed by atoms with Crippen molar-refractivity contribution in [2.75, 3.05) is 5.32 Å². The second-order valence-electron chi connectivity index (χ2n) is 4.16. The molecule has 22 heavy (non-hydrogen) atoms. The maximum absolute atomic E-state index is 12.2. The Morgan fingerprint density at radius 2 is 1.68 bits per heavy atom. The van der Waals surface area contributed by atoms with Crippen molar-refractivity contribution < 1.29 is 14.8 Å². The van der Waals surface area contributed by atoms with Crippen molar-refractivity contribution in [3.63, 3.8) is 0 Å². The van der Waals surface area contributed by atoms with E-state index in [-0.39, 0.29) is 11.4 Å². The van der Waals surface area contributed by atoms with Gasteiger partial charge in [-0.2, -0.15) is 0 Å². The van der Waals surface area contributed by atoms with Crippen molar-refractivity contribution in [3.05, 3.63) is 59.4 Å². The Hall–Kier alpha value is -1.45. The van der Waals surface area contributed by atoms with Crippen LogP contribution in [0, 0.1) is 10.1 Å². The van der Waals surface area contributed by atoms with Gasteiger partial charge in [0.05, 0.1) is 19.6 Å². The van der Waals surface area contributed by atoms with Crippen LogP contribution in [-0.4, -0.2) is 15.9 Å². The van der Waals surface area contributed by atoms with Crippen LogP contribution in [0.3, 0.4) is 0 Å². The minimum absolute atomic E-state index is 0.00642. The first kappa shape index (κ1) is 16.9. The highest BCUT2D eigenvalue weighted by molar-refractivity contribution is 9.11. The summed E-state index contributed by atoms with van der Waals surface area (Å²) in [4.78, 5) is 22.4. The molecule has 6 nitrogen and oxygen atoms in total. The summed E-state index contributed by atoms with van der Waals surface area (Å²) in [5, 5.41) is 22.9. The van der Waals surface area contributed by atoms with Gasteiger partial charge in [-0.05, 0) is 66.0 Å². The molecule has 0 aliphatic heterocycles. The molecule has 2 rings (SSSR count). The maximum atomic E-state index is 12.2. The predicted molar refractivity (Wildman–Crippen MR) is 92.3 cm³/mol. The molecule has 2 aromatic rings. The zero-order chi connectivity index (χ0) is 16.4. The third kappa shape index (κ3) is 3.65. The van der Waals surface area contributed by atoms with E-state index in [9.17, 15) is 20.0 Å². The van der Waals surface area contributed by atoms with Gasteiger partial charge in [-0.1, -0.05) is 0 Å². The zero-order valence-corrected chi connectivity index (χ0v) is 15.4. The van der Waals surface area contributed by atoms with Crippen LogP contribution >= 0.6 is 47.8 Å². The SMILES string of the molecule is O=C(Nc1ccc([N+](=O)[O-])cc1Br)c1cc(Br)c(O)c(Br)c1. The van der Waals surface area contributed by atoms with Crippen LogP contribution in [0.1, 0.15) is 10.4 Å². The van der Waals surface area contributed by atoms with Crippen molar-refractivity contribution in [2.45, 2.75) is 0 Å². The van der Waals surface area contributed by atoms with Crippen molar-refractivity contribution in [2.24, 2.45) is 0 Å². The fourth-order valence-corrected chi connectivity index (χ4v) is 3.26. The molecular weight excluding hydrogens is 488 g/mol. The van der Waals surface area contributed by atoms with Gasteiger partial charge in [0, 0.05) is 22.2 Å². The van der Waals surface area contributed by atoms with E-state index in [0.29, 0.717) is 24.7 Å². The average Bonchev–Trinajstić information content (AvgIpc) is 2.46. The van der Waals surface area contributed by atoms with Gasteiger partial charge in [0.15, 0.2) is 0 Å². The highest BCUT2D eigenvalue weighted by Crippen LogP contribution is 2.34. The third-order valence-electron chi connectivity index (χ3n) is 2.69. The number of benzene rings is 2. The molecule has 0 bridgehead atoms. The zero-order valence-electron chi connectivity index (χ0n) is 10.6. The van der Waals surface area contributed by atoms with Crippen molar-refractivity contribution in [3.8, 4) is 5.75 Å². The molecule has 0 aromatic heterocycles. The van der Waals surface area contributed by atoms with E-state index in [1.54, 1.807) is 0 Å². The number of halogens is 3. The van der Waals surface area contributed by atoms with Gasteiger partial charge in [-0.3, -0.25) is 14.9 Å². The standard InChI is InChI=1S/C13H7Br3N2O4/c14-8-5-7(18(21)22)1-2-11(8)17-13(20)6-3-9(15)12(19)10(16)4-6/h1-5,19H,(H,17,20). The molecule has 114 valence electrons. The van der Waals surface area contributed by atoms with E-state index in [0.717, 1.165) is 0 Å². The van der Waals surface area contributed by atoms with E-state index in [4.69, 9.17) is 0 Å². The highest BCUT2D eigenvalue weighted by atomic mass is 79.9. The number of amides is 1. The van der Waals surface area contributed by atoms with Gasteiger partial charge < -0.3 is 10.4 Å². The smallest absolute Gasteiger partial charge is 0.270 e. The van der Waals surface area contributed by atoms with E-state index >= 15 is 0 Å². The number of carbonyl (C=O) groups excluding carboxylic acids is 1. The number of hydrogen-bond donors (Lipinski definition) is 2. The molecule has 0 atom stereocenters. The Morgan fingerprint density at radius 3 is 2.18 bits per heavy atom. The monoisotopic (exact) mass is 492 g/mol. The number of nitrogens with zero attached hydrogens (tertiary/aromatic N) is 1. The number of nitrogens with one attached hydrogen (secondary N) is 1. The number of aromatic hydroxyl groups is 1. The molecule has 9 heteroatoms. The fourth-order valence-electron chi connectivity index (χ4n) is 1.61. The lowest BCUT2D eigenvalue weighted by Crippen LogP contribution is -2.12. The van der Waals surface area contributed by atoms with Crippen LogP contribution < -0.4 is 5.32 Å². The molecule has 1 amide bonds. The van der Waals surface area contributed by atoms with E-state index < -0.39 is 10.8 Å². The number of carbonyl (C=O) groups is 1. The number of phenolic OH excluding ortho intramolecular Hbond substituents is 1. The molecule has 0 radical (unpaired) electrons. The van der Waals surface area contributed by atoms with E-state index in [2.05, 4.69) is 53.1 Å². The van der Waals surface area contributed by atoms with Crippen LogP contribution in [0.15, 0.2) is 43.7 Å². The summed E-state index contributed by atoms with van der Waals surface area (Å²) in [6.07, 6.45) is 0. The first-order valence-electron chi connectivity index (χ1n) is 5.73. The van der Waals surface area contributed by atoms with Gasteiger partial charge in [-0.25, -0.2) is 0 Å². The molecule has 0 saturated carbocycles. The lowest BCUT2D eigenvalue weighted by atomic mass is 10.2. The number of nitro groups is 1. The summed E-state index contributed by atoms with van der Waals surface area (Å²) in [5.74, 6) is -0.427. The Labute approximate surface area is 150 Å². The van der Waals surface area contributed by atoms with Gasteiger partial charge in [0.25, 0.3) is 11.6 Å². The number of nitro benzene ring substituents is 1. The van der Waals surface area contributed by atoms with Crippen LogP contribution in [-0.2, 0) is 0 Å². The second kappa shape index (κ2) is 6.76. The Kier molecular flexibility index (Phi) is 5.20. The normalized spacial score (nSPS) is 10.3. The molecule has 0 saturated heterocycles. The second-order valence-corrected chi connectivity index (χ2v) is 6.73. The van der Waals surface area contributed by atoms with Crippen molar-refractivity contribution in [1.29, 1.82) is 0 Å². The summed E-state index contributed by atoms with van der Waals surface area (Å²) in [6, 6.07) is 6.97. The molecule has 2 aromatic carbocycles. The third-order valence-corrected chi connectivity index (χ3v) is 4.56. The molecular formula is C13H7Br3N2O4. The Bertz CT molecular complexity index is 757. The van der Waals surface area contributed by atoms with Crippen LogP contribution in [0.4, 0.5) is 11.4 Å². The minimum atomic E-state index is -0.523. The van der Waals surface area contributed by atoms with Crippen LogP contribution in [0.25, 0.3) is 0 Å². The summed E-state index contributed by atoms with van der Waals surface area (Å²) < 4.78 is 1.14. The maximum Gasteiger partial charge on any atom is 0.270 e. The Balaban J connectivity index is 2.28. The average molecular weight is 495 g/mol. The molecule has 0 heterocycles. The lowest BCUT2D eigenvalue weighted by Gasteiger charge is -2.09. The molecule has 0 fully saturated rings. The van der Waals surface area contributed by atoms with Gasteiger partial charge >= 0.3 is 0 Å². The molecule has 0 unspecified atom stereocenters. The number of hydrogen-bond acceptors (Lipinski definition) is 4. The van der Waals surface area contributed by atoms with E-state index in [1.165, 1.54) is 30.3 Å².